The minimum absolute atomic E-state index is 1.13. The predicted octanol–water partition coefficient (Wildman–Crippen LogP) is 9.54. The summed E-state index contributed by atoms with van der Waals surface area (Å²) >= 11 is 0. The van der Waals surface area contributed by atoms with E-state index in [9.17, 15) is 0 Å². The van der Waals surface area contributed by atoms with Gasteiger partial charge in [0.05, 0.1) is 0 Å². The van der Waals surface area contributed by atoms with E-state index in [1.165, 1.54) is 60.1 Å². The summed E-state index contributed by atoms with van der Waals surface area (Å²) in [5.74, 6) is 0. The smallest absolute Gasteiger partial charge is 0.0346 e. The van der Waals surface area contributed by atoms with Crippen molar-refractivity contribution >= 4 is 32.3 Å². The van der Waals surface area contributed by atoms with Gasteiger partial charge >= 0.3 is 0 Å². The molecule has 7 rings (SSSR count). The van der Waals surface area contributed by atoms with Crippen LogP contribution in [0.5, 0.6) is 0 Å². The molecule has 0 amide bonds. The summed E-state index contributed by atoms with van der Waals surface area (Å²) in [4.78, 5) is 4.28. The maximum Gasteiger partial charge on any atom is 0.0346 e. The summed E-state index contributed by atoms with van der Waals surface area (Å²) in [7, 11) is 0. The third-order valence-corrected chi connectivity index (χ3v) is 7.16. The molecule has 1 heterocycles. The van der Waals surface area contributed by atoms with Crippen LogP contribution < -0.4 is 0 Å². The second-order valence-electron chi connectivity index (χ2n) is 9.19. The lowest BCUT2D eigenvalue weighted by Crippen LogP contribution is -1.91. The lowest BCUT2D eigenvalue weighted by atomic mass is 9.84. The average molecular weight is 458 g/mol. The number of hydrogen-bond donors (Lipinski definition) is 0. The van der Waals surface area contributed by atoms with Crippen LogP contribution in [0.15, 0.2) is 140 Å². The van der Waals surface area contributed by atoms with Crippen molar-refractivity contribution in [2.24, 2.45) is 0 Å². The van der Waals surface area contributed by atoms with Crippen molar-refractivity contribution in [3.05, 3.63) is 140 Å². The van der Waals surface area contributed by atoms with E-state index in [4.69, 9.17) is 0 Å². The van der Waals surface area contributed by atoms with Crippen LogP contribution in [0.25, 0.3) is 65.7 Å². The van der Waals surface area contributed by atoms with Crippen molar-refractivity contribution in [3.63, 3.8) is 0 Å². The highest BCUT2D eigenvalue weighted by Crippen LogP contribution is 2.45. The van der Waals surface area contributed by atoms with Gasteiger partial charge in [-0.1, -0.05) is 121 Å². The van der Waals surface area contributed by atoms with Crippen molar-refractivity contribution in [1.82, 2.24) is 4.98 Å². The monoisotopic (exact) mass is 457 g/mol. The molecule has 1 nitrogen and oxygen atoms in total. The summed E-state index contributed by atoms with van der Waals surface area (Å²) in [6, 6.07) is 46.0. The van der Waals surface area contributed by atoms with Crippen LogP contribution in [-0.2, 0) is 0 Å². The molecule has 0 N–H and O–H groups in total. The molecule has 0 saturated heterocycles. The number of fused-ring (bicyclic) bond motifs is 3. The van der Waals surface area contributed by atoms with Gasteiger partial charge in [-0.25, -0.2) is 0 Å². The van der Waals surface area contributed by atoms with E-state index in [2.05, 4.69) is 126 Å². The Bertz CT molecular complexity index is 1800. The topological polar surface area (TPSA) is 12.9 Å². The van der Waals surface area contributed by atoms with E-state index in [1.54, 1.807) is 0 Å². The first-order valence-electron chi connectivity index (χ1n) is 12.3. The van der Waals surface area contributed by atoms with E-state index in [0.717, 1.165) is 5.56 Å². The highest BCUT2D eigenvalue weighted by atomic mass is 14.6. The molecule has 0 aliphatic rings. The summed E-state index contributed by atoms with van der Waals surface area (Å²) < 4.78 is 0. The number of hydrogen-bond acceptors (Lipinski definition) is 1. The third kappa shape index (κ3) is 3.29. The SMILES string of the molecule is c1cncc(-c2ccc(-c3c4ccccc4c(-c4cccc5ccccc45)c4ccccc34)cc2)c1. The number of pyridine rings is 1. The second-order valence-corrected chi connectivity index (χ2v) is 9.19. The molecule has 168 valence electrons. The lowest BCUT2D eigenvalue weighted by Gasteiger charge is -2.19. The van der Waals surface area contributed by atoms with Gasteiger partial charge in [0.1, 0.15) is 0 Å². The minimum atomic E-state index is 1.13. The Balaban J connectivity index is 1.54. The van der Waals surface area contributed by atoms with Gasteiger partial charge in [-0.15, -0.1) is 0 Å². The van der Waals surface area contributed by atoms with Crippen molar-refractivity contribution < 1.29 is 0 Å². The number of benzene rings is 6. The first-order chi connectivity index (χ1) is 17.9. The summed E-state index contributed by atoms with van der Waals surface area (Å²) in [6.07, 6.45) is 3.73. The maximum absolute atomic E-state index is 4.28. The van der Waals surface area contributed by atoms with Gasteiger partial charge in [0.25, 0.3) is 0 Å². The first kappa shape index (κ1) is 20.6. The van der Waals surface area contributed by atoms with E-state index < -0.39 is 0 Å². The molecule has 0 unspecified atom stereocenters. The van der Waals surface area contributed by atoms with Gasteiger partial charge in [-0.2, -0.15) is 0 Å². The predicted molar refractivity (Wildman–Crippen MR) is 153 cm³/mol. The Kier molecular flexibility index (Phi) is 4.85. The van der Waals surface area contributed by atoms with Crippen LogP contribution in [0.3, 0.4) is 0 Å². The Hall–Kier alpha value is -4.75. The Morgan fingerprint density at radius 3 is 1.56 bits per heavy atom. The van der Waals surface area contributed by atoms with Crippen LogP contribution >= 0.6 is 0 Å². The molecule has 36 heavy (non-hydrogen) atoms. The Labute approximate surface area is 210 Å². The second kappa shape index (κ2) is 8.48. The normalized spacial score (nSPS) is 11.3. The largest absolute Gasteiger partial charge is 0.264 e. The van der Waals surface area contributed by atoms with Crippen molar-refractivity contribution in [3.8, 4) is 33.4 Å². The fraction of sp³-hybridized carbons (Fsp3) is 0. The quantitative estimate of drug-likeness (QED) is 0.241. The van der Waals surface area contributed by atoms with Crippen LogP contribution in [0, 0.1) is 0 Å². The molecule has 0 bridgehead atoms. The van der Waals surface area contributed by atoms with Crippen molar-refractivity contribution in [1.29, 1.82) is 0 Å². The van der Waals surface area contributed by atoms with Crippen LogP contribution in [0.2, 0.25) is 0 Å². The molecule has 0 spiro atoms. The summed E-state index contributed by atoms with van der Waals surface area (Å²) in [5.41, 5.74) is 7.38. The highest BCUT2D eigenvalue weighted by Gasteiger charge is 2.17. The van der Waals surface area contributed by atoms with Crippen LogP contribution in [0.1, 0.15) is 0 Å². The zero-order valence-corrected chi connectivity index (χ0v) is 19.7. The molecule has 0 radical (unpaired) electrons. The van der Waals surface area contributed by atoms with E-state index >= 15 is 0 Å². The zero-order chi connectivity index (χ0) is 23.9. The number of nitrogens with zero attached hydrogens (tertiary/aromatic N) is 1. The fourth-order valence-electron chi connectivity index (χ4n) is 5.54. The average Bonchev–Trinajstić information content (AvgIpc) is 2.96. The molecule has 0 atom stereocenters. The molecule has 0 aliphatic heterocycles. The lowest BCUT2D eigenvalue weighted by molar-refractivity contribution is 1.33. The highest BCUT2D eigenvalue weighted by molar-refractivity contribution is 6.23. The van der Waals surface area contributed by atoms with Crippen LogP contribution in [-0.4, -0.2) is 4.98 Å². The van der Waals surface area contributed by atoms with Crippen molar-refractivity contribution in [2.75, 3.05) is 0 Å². The van der Waals surface area contributed by atoms with Crippen LogP contribution in [0.4, 0.5) is 0 Å². The van der Waals surface area contributed by atoms with Gasteiger partial charge in [-0.3, -0.25) is 4.98 Å². The Morgan fingerprint density at radius 2 is 0.917 bits per heavy atom. The fourth-order valence-corrected chi connectivity index (χ4v) is 5.54. The summed E-state index contributed by atoms with van der Waals surface area (Å²) in [6.45, 7) is 0. The van der Waals surface area contributed by atoms with Gasteiger partial charge in [0, 0.05) is 12.4 Å². The standard InChI is InChI=1S/C35H23N/c1-2-12-28-25(9-1)10-7-17-29(28)35-32-15-5-3-13-30(32)34(31-14-4-6-16-33(31)35)26-20-18-24(19-21-26)27-11-8-22-36-23-27/h1-23H. The van der Waals surface area contributed by atoms with E-state index in [-0.39, 0.29) is 0 Å². The number of aromatic nitrogens is 1. The van der Waals surface area contributed by atoms with Gasteiger partial charge in [-0.05, 0) is 71.8 Å². The molecular weight excluding hydrogens is 434 g/mol. The molecule has 1 heteroatoms. The molecule has 0 aliphatic carbocycles. The van der Waals surface area contributed by atoms with Gasteiger partial charge in [0.2, 0.25) is 0 Å². The maximum atomic E-state index is 4.28. The van der Waals surface area contributed by atoms with Gasteiger partial charge in [0.15, 0.2) is 0 Å². The van der Waals surface area contributed by atoms with Crippen molar-refractivity contribution in [2.45, 2.75) is 0 Å². The van der Waals surface area contributed by atoms with Gasteiger partial charge < -0.3 is 0 Å². The molecule has 0 fully saturated rings. The molecular formula is C35H23N. The molecule has 6 aromatic carbocycles. The first-order valence-corrected chi connectivity index (χ1v) is 12.3. The molecule has 0 saturated carbocycles. The molecule has 7 aromatic rings. The third-order valence-electron chi connectivity index (χ3n) is 7.16. The number of rotatable bonds is 3. The minimum Gasteiger partial charge on any atom is -0.264 e. The van der Waals surface area contributed by atoms with E-state index in [0.29, 0.717) is 0 Å². The van der Waals surface area contributed by atoms with E-state index in [1.807, 2.05) is 18.5 Å². The zero-order valence-electron chi connectivity index (χ0n) is 19.7. The summed E-state index contributed by atoms with van der Waals surface area (Å²) in [5, 5.41) is 7.64. The molecule has 1 aromatic heterocycles. The Morgan fingerprint density at radius 1 is 0.361 bits per heavy atom.